The zero-order valence-electron chi connectivity index (χ0n) is 19.5. The Morgan fingerprint density at radius 2 is 1.94 bits per heavy atom. The van der Waals surface area contributed by atoms with Gasteiger partial charge in [-0.1, -0.05) is 55.3 Å². The molecule has 2 aliphatic heterocycles. The van der Waals surface area contributed by atoms with Gasteiger partial charge in [0.05, 0.1) is 11.3 Å². The summed E-state index contributed by atoms with van der Waals surface area (Å²) >= 11 is 12.7. The molecule has 1 saturated heterocycles. The Morgan fingerprint density at radius 3 is 2.79 bits per heavy atom. The van der Waals surface area contributed by atoms with Crippen LogP contribution in [0.3, 0.4) is 0 Å². The normalized spacial score (nSPS) is 21.2. The maximum atomic E-state index is 13.7. The molecular weight excluding hydrogens is 469 g/mol. The third-order valence-electron chi connectivity index (χ3n) is 7.44. The van der Waals surface area contributed by atoms with Crippen molar-refractivity contribution in [1.29, 1.82) is 0 Å². The van der Waals surface area contributed by atoms with Crippen molar-refractivity contribution in [2.24, 2.45) is 5.92 Å². The standard InChI is InChI=1S/C26H33Cl2N5O/c27-21-6-7-23(28)20(13-21)17-32-10-9-30-25-24(32)14-19(15-31-25)26(34)33-11-8-29-16-22(33)12-18-4-2-1-3-5-18/h6-7,13-15,18,22,29H,1-5,8-12,16-17H2,(H,30,31). The van der Waals surface area contributed by atoms with E-state index in [1.807, 2.05) is 18.2 Å². The highest BCUT2D eigenvalue weighted by molar-refractivity contribution is 6.33. The molecule has 34 heavy (non-hydrogen) atoms. The second-order valence-corrected chi connectivity index (χ2v) is 10.6. The summed E-state index contributed by atoms with van der Waals surface area (Å²) in [5.74, 6) is 1.63. The lowest BCUT2D eigenvalue weighted by Crippen LogP contribution is -2.54. The molecule has 1 aliphatic carbocycles. The highest BCUT2D eigenvalue weighted by Gasteiger charge is 2.31. The van der Waals surface area contributed by atoms with E-state index in [0.29, 0.717) is 22.2 Å². The predicted molar refractivity (Wildman–Crippen MR) is 139 cm³/mol. The molecule has 0 radical (unpaired) electrons. The number of hydrogen-bond donors (Lipinski definition) is 2. The fourth-order valence-corrected chi connectivity index (χ4v) is 6.00. The molecule has 5 rings (SSSR count). The van der Waals surface area contributed by atoms with Crippen LogP contribution < -0.4 is 15.5 Å². The lowest BCUT2D eigenvalue weighted by atomic mass is 9.84. The molecule has 1 unspecified atom stereocenters. The van der Waals surface area contributed by atoms with Gasteiger partial charge in [-0.05, 0) is 42.2 Å². The van der Waals surface area contributed by atoms with E-state index in [-0.39, 0.29) is 11.9 Å². The number of halogens is 2. The number of nitrogens with one attached hydrogen (secondary N) is 2. The molecule has 0 spiro atoms. The van der Waals surface area contributed by atoms with Crippen molar-refractivity contribution in [2.75, 3.05) is 42.9 Å². The molecular formula is C26H33Cl2N5O. The molecule has 0 bridgehead atoms. The van der Waals surface area contributed by atoms with Gasteiger partial charge in [0.25, 0.3) is 5.91 Å². The number of piperazine rings is 1. The number of fused-ring (bicyclic) bond motifs is 1. The Labute approximate surface area is 212 Å². The highest BCUT2D eigenvalue weighted by Crippen LogP contribution is 2.33. The van der Waals surface area contributed by atoms with Crippen LogP contribution in [0.2, 0.25) is 10.0 Å². The fourth-order valence-electron chi connectivity index (χ4n) is 5.62. The molecule has 1 amide bonds. The Bertz CT molecular complexity index is 1030. The Morgan fingerprint density at radius 1 is 1.09 bits per heavy atom. The number of anilines is 2. The fraction of sp³-hybridized carbons (Fsp3) is 0.538. The number of rotatable bonds is 5. The first-order valence-electron chi connectivity index (χ1n) is 12.5. The van der Waals surface area contributed by atoms with Gasteiger partial charge < -0.3 is 20.4 Å². The van der Waals surface area contributed by atoms with Crippen LogP contribution in [0.15, 0.2) is 30.5 Å². The average molecular weight is 502 g/mol. The van der Waals surface area contributed by atoms with E-state index in [0.717, 1.165) is 62.1 Å². The summed E-state index contributed by atoms with van der Waals surface area (Å²) in [5, 5.41) is 8.23. The monoisotopic (exact) mass is 501 g/mol. The van der Waals surface area contributed by atoms with Crippen molar-refractivity contribution < 1.29 is 4.79 Å². The van der Waals surface area contributed by atoms with E-state index < -0.39 is 0 Å². The number of amides is 1. The van der Waals surface area contributed by atoms with Crippen molar-refractivity contribution in [1.82, 2.24) is 15.2 Å². The molecule has 8 heteroatoms. The smallest absolute Gasteiger partial charge is 0.255 e. The minimum absolute atomic E-state index is 0.0870. The maximum absolute atomic E-state index is 13.7. The number of carbonyl (C=O) groups excluding carboxylic acids is 1. The Hall–Kier alpha value is -2.02. The molecule has 2 fully saturated rings. The van der Waals surface area contributed by atoms with Crippen molar-refractivity contribution in [2.45, 2.75) is 51.1 Å². The van der Waals surface area contributed by atoms with Gasteiger partial charge in [-0.3, -0.25) is 4.79 Å². The SMILES string of the molecule is O=C(c1cnc2c(c1)N(Cc1cc(Cl)ccc1Cl)CCN2)N1CCNCC1CC1CCCCC1. The predicted octanol–water partition coefficient (Wildman–Crippen LogP) is 5.20. The number of carbonyl (C=O) groups is 1. The van der Waals surface area contributed by atoms with Gasteiger partial charge in [0.1, 0.15) is 5.82 Å². The first-order valence-corrected chi connectivity index (χ1v) is 13.3. The minimum Gasteiger partial charge on any atom is -0.367 e. The maximum Gasteiger partial charge on any atom is 0.255 e. The molecule has 6 nitrogen and oxygen atoms in total. The Balaban J connectivity index is 1.36. The van der Waals surface area contributed by atoms with Crippen molar-refractivity contribution in [3.05, 3.63) is 51.6 Å². The summed E-state index contributed by atoms with van der Waals surface area (Å²) in [4.78, 5) is 22.6. The molecule has 1 atom stereocenters. The Kier molecular flexibility index (Phi) is 7.47. The van der Waals surface area contributed by atoms with Crippen LogP contribution in [0.1, 0.15) is 54.4 Å². The lowest BCUT2D eigenvalue weighted by Gasteiger charge is -2.39. The van der Waals surface area contributed by atoms with Crippen LogP contribution in [-0.2, 0) is 6.54 Å². The van der Waals surface area contributed by atoms with Crippen LogP contribution in [0, 0.1) is 5.92 Å². The quantitative estimate of drug-likeness (QED) is 0.588. The van der Waals surface area contributed by atoms with Crippen molar-refractivity contribution in [3.63, 3.8) is 0 Å². The van der Waals surface area contributed by atoms with Gasteiger partial charge in [0.15, 0.2) is 0 Å². The van der Waals surface area contributed by atoms with Gasteiger partial charge in [-0.2, -0.15) is 0 Å². The molecule has 3 aliphatic rings. The molecule has 1 aromatic carbocycles. The van der Waals surface area contributed by atoms with Gasteiger partial charge >= 0.3 is 0 Å². The van der Waals surface area contributed by atoms with Crippen LogP contribution in [-0.4, -0.2) is 54.6 Å². The van der Waals surface area contributed by atoms with Crippen molar-refractivity contribution >= 4 is 40.6 Å². The van der Waals surface area contributed by atoms with E-state index in [4.69, 9.17) is 23.2 Å². The van der Waals surface area contributed by atoms with E-state index in [1.165, 1.54) is 32.1 Å². The molecule has 1 aromatic heterocycles. The van der Waals surface area contributed by atoms with Crippen molar-refractivity contribution in [3.8, 4) is 0 Å². The zero-order valence-corrected chi connectivity index (χ0v) is 21.0. The summed E-state index contributed by atoms with van der Waals surface area (Å²) in [7, 11) is 0. The average Bonchev–Trinajstić information content (AvgIpc) is 2.87. The van der Waals surface area contributed by atoms with Crippen LogP contribution in [0.4, 0.5) is 11.5 Å². The van der Waals surface area contributed by atoms with E-state index in [1.54, 1.807) is 12.3 Å². The number of hydrogen-bond acceptors (Lipinski definition) is 5. The van der Waals surface area contributed by atoms with Gasteiger partial charge in [0.2, 0.25) is 0 Å². The van der Waals surface area contributed by atoms with Crippen LogP contribution >= 0.6 is 23.2 Å². The summed E-state index contributed by atoms with van der Waals surface area (Å²) < 4.78 is 0. The number of nitrogens with zero attached hydrogens (tertiary/aromatic N) is 3. The van der Waals surface area contributed by atoms with Gasteiger partial charge in [0, 0.05) is 61.6 Å². The lowest BCUT2D eigenvalue weighted by molar-refractivity contribution is 0.0592. The third kappa shape index (κ3) is 5.29. The van der Waals surface area contributed by atoms with E-state index >= 15 is 0 Å². The van der Waals surface area contributed by atoms with E-state index in [9.17, 15) is 4.79 Å². The topological polar surface area (TPSA) is 60.5 Å². The number of pyridine rings is 1. The van der Waals surface area contributed by atoms with Gasteiger partial charge in [-0.15, -0.1) is 0 Å². The number of aromatic nitrogens is 1. The second-order valence-electron chi connectivity index (χ2n) is 9.77. The molecule has 182 valence electrons. The largest absolute Gasteiger partial charge is 0.367 e. The summed E-state index contributed by atoms with van der Waals surface area (Å²) in [6.07, 6.45) is 9.42. The first kappa shape index (κ1) is 23.7. The molecule has 2 aromatic rings. The molecule has 2 N–H and O–H groups in total. The molecule has 3 heterocycles. The van der Waals surface area contributed by atoms with Gasteiger partial charge in [-0.25, -0.2) is 4.98 Å². The highest BCUT2D eigenvalue weighted by atomic mass is 35.5. The third-order valence-corrected chi connectivity index (χ3v) is 8.04. The zero-order chi connectivity index (χ0) is 23.5. The van der Waals surface area contributed by atoms with Crippen LogP contribution in [0.25, 0.3) is 0 Å². The first-order chi connectivity index (χ1) is 16.6. The molecule has 1 saturated carbocycles. The minimum atomic E-state index is 0.0870. The second kappa shape index (κ2) is 10.7. The van der Waals surface area contributed by atoms with E-state index in [2.05, 4.69) is 25.4 Å². The number of benzene rings is 1. The van der Waals surface area contributed by atoms with Crippen LogP contribution in [0.5, 0.6) is 0 Å². The summed E-state index contributed by atoms with van der Waals surface area (Å²) in [6.45, 7) is 4.66. The summed E-state index contributed by atoms with van der Waals surface area (Å²) in [6, 6.07) is 7.78. The summed E-state index contributed by atoms with van der Waals surface area (Å²) in [5.41, 5.74) is 2.56.